The van der Waals surface area contributed by atoms with Crippen LogP contribution < -0.4 is 10.2 Å². The molecule has 0 unspecified atom stereocenters. The highest BCUT2D eigenvalue weighted by Crippen LogP contribution is 2.24. The number of benzene rings is 1. The highest BCUT2D eigenvalue weighted by molar-refractivity contribution is 6.05. The van der Waals surface area contributed by atoms with E-state index in [4.69, 9.17) is 0 Å². The Morgan fingerprint density at radius 1 is 1.25 bits per heavy atom. The summed E-state index contributed by atoms with van der Waals surface area (Å²) in [5, 5.41) is 2.94. The van der Waals surface area contributed by atoms with Gasteiger partial charge in [-0.25, -0.2) is 4.98 Å². The van der Waals surface area contributed by atoms with Crippen molar-refractivity contribution in [3.8, 4) is 0 Å². The van der Waals surface area contributed by atoms with E-state index in [1.54, 1.807) is 4.90 Å². The van der Waals surface area contributed by atoms with Gasteiger partial charge in [-0.3, -0.25) is 9.59 Å². The van der Waals surface area contributed by atoms with Gasteiger partial charge in [0.1, 0.15) is 5.69 Å². The van der Waals surface area contributed by atoms with Gasteiger partial charge in [-0.05, 0) is 57.2 Å². The van der Waals surface area contributed by atoms with Crippen LogP contribution in [0.5, 0.6) is 0 Å². The first-order valence-corrected chi connectivity index (χ1v) is 10.3. The van der Waals surface area contributed by atoms with Gasteiger partial charge >= 0.3 is 0 Å². The number of rotatable bonds is 7. The van der Waals surface area contributed by atoms with Gasteiger partial charge < -0.3 is 14.8 Å². The second-order valence-electron chi connectivity index (χ2n) is 7.34. The summed E-state index contributed by atoms with van der Waals surface area (Å²) in [7, 11) is 0. The van der Waals surface area contributed by atoms with E-state index in [0.717, 1.165) is 55.6 Å². The van der Waals surface area contributed by atoms with Crippen molar-refractivity contribution in [2.45, 2.75) is 59.4 Å². The van der Waals surface area contributed by atoms with E-state index >= 15 is 0 Å². The summed E-state index contributed by atoms with van der Waals surface area (Å²) in [4.78, 5) is 32.3. The largest absolute Gasteiger partial charge is 0.351 e. The molecular formula is C22H30N4O2. The Morgan fingerprint density at radius 3 is 2.79 bits per heavy atom. The third kappa shape index (κ3) is 4.11. The lowest BCUT2D eigenvalue weighted by molar-refractivity contribution is 0.0947. The Morgan fingerprint density at radius 2 is 2.07 bits per heavy atom. The monoisotopic (exact) mass is 382 g/mol. The molecule has 0 aliphatic carbocycles. The Kier molecular flexibility index (Phi) is 6.49. The van der Waals surface area contributed by atoms with Crippen LogP contribution in [0.3, 0.4) is 0 Å². The number of hydrogen-bond donors (Lipinski definition) is 1. The van der Waals surface area contributed by atoms with E-state index in [2.05, 4.69) is 17.2 Å². The van der Waals surface area contributed by atoms with E-state index in [1.807, 2.05) is 42.7 Å². The molecule has 6 heteroatoms. The second kappa shape index (κ2) is 9.04. The SMILES string of the molecule is CCCCNC(=O)c1nc(C(=O)N(CC)c2cccc(C)c2)n2c1CCCC2. The maximum Gasteiger partial charge on any atom is 0.294 e. The van der Waals surface area contributed by atoms with Gasteiger partial charge in [-0.15, -0.1) is 0 Å². The minimum absolute atomic E-state index is 0.149. The molecule has 28 heavy (non-hydrogen) atoms. The van der Waals surface area contributed by atoms with Crippen molar-refractivity contribution in [2.24, 2.45) is 0 Å². The van der Waals surface area contributed by atoms with Crippen LogP contribution in [0.1, 0.15) is 71.9 Å². The molecule has 2 amide bonds. The predicted octanol–water partition coefficient (Wildman–Crippen LogP) is 3.72. The number of carbonyl (C=O) groups is 2. The number of fused-ring (bicyclic) bond motifs is 1. The summed E-state index contributed by atoms with van der Waals surface area (Å²) in [6.45, 7) is 7.97. The fourth-order valence-electron chi connectivity index (χ4n) is 3.71. The molecule has 0 spiro atoms. The molecule has 3 rings (SSSR count). The zero-order chi connectivity index (χ0) is 20.1. The van der Waals surface area contributed by atoms with Crippen LogP contribution in [0.2, 0.25) is 0 Å². The molecule has 1 N–H and O–H groups in total. The fraction of sp³-hybridized carbons (Fsp3) is 0.500. The summed E-state index contributed by atoms with van der Waals surface area (Å²) in [5.41, 5.74) is 3.27. The van der Waals surface area contributed by atoms with E-state index in [0.29, 0.717) is 24.6 Å². The zero-order valence-electron chi connectivity index (χ0n) is 17.1. The molecule has 2 heterocycles. The summed E-state index contributed by atoms with van der Waals surface area (Å²) < 4.78 is 1.96. The Hall–Kier alpha value is -2.63. The topological polar surface area (TPSA) is 67.2 Å². The summed E-state index contributed by atoms with van der Waals surface area (Å²) in [6.07, 6.45) is 4.76. The third-order valence-corrected chi connectivity index (χ3v) is 5.21. The lowest BCUT2D eigenvalue weighted by atomic mass is 10.1. The van der Waals surface area contributed by atoms with Crippen molar-refractivity contribution >= 4 is 17.5 Å². The lowest BCUT2D eigenvalue weighted by Crippen LogP contribution is -2.33. The van der Waals surface area contributed by atoms with Gasteiger partial charge in [0.15, 0.2) is 0 Å². The standard InChI is InChI=1S/C22H30N4O2/c1-4-6-13-23-21(27)19-18-12-7-8-14-26(18)20(24-19)22(28)25(5-2)17-11-9-10-16(3)15-17/h9-11,15H,4-8,12-14H2,1-3H3,(H,23,27). The molecule has 0 fully saturated rings. The second-order valence-corrected chi connectivity index (χ2v) is 7.34. The smallest absolute Gasteiger partial charge is 0.294 e. The van der Waals surface area contributed by atoms with Crippen molar-refractivity contribution in [3.63, 3.8) is 0 Å². The van der Waals surface area contributed by atoms with Gasteiger partial charge in [-0.2, -0.15) is 0 Å². The number of nitrogens with one attached hydrogen (secondary N) is 1. The van der Waals surface area contributed by atoms with Crippen LogP contribution in [0.15, 0.2) is 24.3 Å². The van der Waals surface area contributed by atoms with Crippen LogP contribution in [0.4, 0.5) is 5.69 Å². The van der Waals surface area contributed by atoms with Gasteiger partial charge in [0.05, 0.1) is 5.69 Å². The van der Waals surface area contributed by atoms with E-state index in [1.165, 1.54) is 0 Å². The number of aromatic nitrogens is 2. The Bertz CT molecular complexity index is 856. The van der Waals surface area contributed by atoms with Crippen molar-refractivity contribution in [1.29, 1.82) is 0 Å². The molecule has 0 bridgehead atoms. The molecule has 2 aromatic rings. The first-order valence-electron chi connectivity index (χ1n) is 10.3. The van der Waals surface area contributed by atoms with E-state index < -0.39 is 0 Å². The highest BCUT2D eigenvalue weighted by atomic mass is 16.2. The molecule has 0 saturated heterocycles. The van der Waals surface area contributed by atoms with Crippen LogP contribution in [-0.4, -0.2) is 34.5 Å². The first kappa shape index (κ1) is 20.1. The summed E-state index contributed by atoms with van der Waals surface area (Å²) in [6, 6.07) is 7.90. The average molecular weight is 383 g/mol. The molecule has 150 valence electrons. The summed E-state index contributed by atoms with van der Waals surface area (Å²) in [5.74, 6) is 0.0549. The number of nitrogens with zero attached hydrogens (tertiary/aromatic N) is 3. The Labute approximate surface area is 166 Å². The van der Waals surface area contributed by atoms with E-state index in [9.17, 15) is 9.59 Å². The maximum atomic E-state index is 13.4. The van der Waals surface area contributed by atoms with Gasteiger partial charge in [0.2, 0.25) is 5.82 Å². The maximum absolute atomic E-state index is 13.4. The van der Waals surface area contributed by atoms with Crippen molar-refractivity contribution in [2.75, 3.05) is 18.0 Å². The van der Waals surface area contributed by atoms with Crippen molar-refractivity contribution in [1.82, 2.24) is 14.9 Å². The van der Waals surface area contributed by atoms with Crippen LogP contribution in [0, 0.1) is 6.92 Å². The predicted molar refractivity (Wildman–Crippen MR) is 111 cm³/mol. The van der Waals surface area contributed by atoms with Gasteiger partial charge in [-0.1, -0.05) is 25.5 Å². The highest BCUT2D eigenvalue weighted by Gasteiger charge is 2.29. The van der Waals surface area contributed by atoms with Crippen LogP contribution in [0.25, 0.3) is 0 Å². The molecule has 1 aromatic heterocycles. The van der Waals surface area contributed by atoms with Crippen molar-refractivity contribution < 1.29 is 9.59 Å². The number of carbonyl (C=O) groups excluding carboxylic acids is 2. The minimum Gasteiger partial charge on any atom is -0.351 e. The molecule has 6 nitrogen and oxygen atoms in total. The minimum atomic E-state index is -0.170. The normalized spacial score (nSPS) is 13.1. The van der Waals surface area contributed by atoms with Gasteiger partial charge in [0.25, 0.3) is 11.8 Å². The zero-order valence-corrected chi connectivity index (χ0v) is 17.1. The molecule has 1 aliphatic rings. The molecule has 0 atom stereocenters. The molecule has 0 saturated carbocycles. The van der Waals surface area contributed by atoms with Gasteiger partial charge in [0, 0.05) is 25.3 Å². The quantitative estimate of drug-likeness (QED) is 0.742. The lowest BCUT2D eigenvalue weighted by Gasteiger charge is -2.23. The third-order valence-electron chi connectivity index (χ3n) is 5.21. The first-order chi connectivity index (χ1) is 13.6. The molecule has 0 radical (unpaired) electrons. The number of amides is 2. The van der Waals surface area contributed by atoms with Crippen LogP contribution in [-0.2, 0) is 13.0 Å². The number of hydrogen-bond acceptors (Lipinski definition) is 3. The fourth-order valence-corrected chi connectivity index (χ4v) is 3.71. The van der Waals surface area contributed by atoms with E-state index in [-0.39, 0.29) is 11.8 Å². The molecular weight excluding hydrogens is 352 g/mol. The molecule has 1 aromatic carbocycles. The average Bonchev–Trinajstić information content (AvgIpc) is 3.08. The van der Waals surface area contributed by atoms with Crippen molar-refractivity contribution in [3.05, 3.63) is 47.0 Å². The number of anilines is 1. The number of imidazole rings is 1. The van der Waals surface area contributed by atoms with Crippen LogP contribution >= 0.6 is 0 Å². The molecule has 1 aliphatic heterocycles. The number of aryl methyl sites for hydroxylation is 1. The Balaban J connectivity index is 1.94. The number of unbranched alkanes of at least 4 members (excludes halogenated alkanes) is 1. The summed E-state index contributed by atoms with van der Waals surface area (Å²) >= 11 is 0.